The van der Waals surface area contributed by atoms with Crippen LogP contribution < -0.4 is 15.9 Å². The molecule has 0 bridgehead atoms. The number of para-hydroxylation sites is 3. The third-order valence-electron chi connectivity index (χ3n) is 8.44. The second-order valence-electron chi connectivity index (χ2n) is 12.7. The molecule has 0 fully saturated rings. The number of rotatable bonds is 4. The Labute approximate surface area is 273 Å². The monoisotopic (exact) mass is 638 g/mol. The van der Waals surface area contributed by atoms with E-state index in [2.05, 4.69) is 0 Å². The highest BCUT2D eigenvalue weighted by molar-refractivity contribution is 6.31. The Bertz CT molecular complexity index is 2630. The van der Waals surface area contributed by atoms with E-state index in [-0.39, 0.29) is 27.5 Å². The molecule has 0 N–H and O–H groups in total. The molecule has 0 aliphatic rings. The highest BCUT2D eigenvalue weighted by Crippen LogP contribution is 2.44. The van der Waals surface area contributed by atoms with Gasteiger partial charge in [0.1, 0.15) is 33.9 Å². The first-order chi connectivity index (χ1) is 23.1. The molecule has 0 radical (unpaired) electrons. The summed E-state index contributed by atoms with van der Waals surface area (Å²) in [5.74, 6) is 0.358. The molecule has 0 saturated heterocycles. The van der Waals surface area contributed by atoms with Gasteiger partial charge in [-0.05, 0) is 50.1 Å². The number of aromatic nitrogens is 2. The Hall–Kier alpha value is -6.09. The van der Waals surface area contributed by atoms with E-state index in [0.717, 1.165) is 15.7 Å². The summed E-state index contributed by atoms with van der Waals surface area (Å²) in [6, 6.07) is 31.9. The third kappa shape index (κ3) is 4.50. The highest BCUT2D eigenvalue weighted by Gasteiger charge is 2.32. The van der Waals surface area contributed by atoms with Crippen molar-refractivity contribution in [2.45, 2.75) is 32.5 Å². The molecule has 0 aliphatic carbocycles. The van der Waals surface area contributed by atoms with Crippen LogP contribution in [0.2, 0.25) is 0 Å². The fraction of sp³-hybridized carbons (Fsp3) is 0.154. The maximum Gasteiger partial charge on any atom is 0.419 e. The standard InChI is InChI=1S/C39H30N2O7/c1-39(2,3)48-38(44)41-31-24(18-13-21-27(31)47-33(22-14-7-5-8-15-22)23-16-9-6-10-17-23)28-29-30(37(43)40(4)36(29)42)34-35(32(28)41)46-26-20-12-11-19-25(26)45-34/h5-21,33H,1-4H3. The van der Waals surface area contributed by atoms with Crippen LogP contribution in [0.4, 0.5) is 4.79 Å². The van der Waals surface area contributed by atoms with Crippen molar-refractivity contribution in [1.82, 2.24) is 9.13 Å². The van der Waals surface area contributed by atoms with E-state index in [1.54, 1.807) is 63.2 Å². The lowest BCUT2D eigenvalue weighted by molar-refractivity contribution is 0.0550. The normalized spacial score (nSPS) is 12.2. The van der Waals surface area contributed by atoms with Crippen LogP contribution in [-0.2, 0) is 11.8 Å². The molecule has 0 spiro atoms. The van der Waals surface area contributed by atoms with Gasteiger partial charge < -0.3 is 18.3 Å². The van der Waals surface area contributed by atoms with Gasteiger partial charge >= 0.3 is 6.09 Å². The first kappa shape index (κ1) is 29.3. The van der Waals surface area contributed by atoms with Gasteiger partial charge in [0, 0.05) is 17.8 Å². The average Bonchev–Trinajstić information content (AvgIpc) is 3.55. The van der Waals surface area contributed by atoms with E-state index < -0.39 is 28.9 Å². The van der Waals surface area contributed by atoms with Gasteiger partial charge in [0.05, 0.1) is 5.39 Å². The number of carbonyl (C=O) groups excluding carboxylic acids is 1. The van der Waals surface area contributed by atoms with E-state index in [1.807, 2.05) is 60.7 Å². The molecule has 0 unspecified atom stereocenters. The van der Waals surface area contributed by atoms with Crippen molar-refractivity contribution < 1.29 is 23.1 Å². The third-order valence-corrected chi connectivity index (χ3v) is 8.44. The molecule has 5 aromatic carbocycles. The van der Waals surface area contributed by atoms with E-state index >= 15 is 0 Å². The van der Waals surface area contributed by atoms with Gasteiger partial charge in [-0.15, -0.1) is 0 Å². The van der Waals surface area contributed by atoms with Crippen LogP contribution in [0.3, 0.4) is 0 Å². The molecule has 3 aromatic heterocycles. The number of ether oxygens (including phenoxy) is 2. The summed E-state index contributed by atoms with van der Waals surface area (Å²) < 4.78 is 28.1. The fourth-order valence-electron chi connectivity index (χ4n) is 6.41. The van der Waals surface area contributed by atoms with Crippen molar-refractivity contribution in [2.24, 2.45) is 7.05 Å². The van der Waals surface area contributed by atoms with Crippen LogP contribution in [0.15, 0.2) is 122 Å². The molecule has 0 amide bonds. The van der Waals surface area contributed by atoms with Crippen molar-refractivity contribution >= 4 is 61.0 Å². The minimum absolute atomic E-state index is 0.0560. The molecule has 9 heteroatoms. The maximum atomic E-state index is 14.4. The molecule has 0 atom stereocenters. The second kappa shape index (κ2) is 10.7. The quantitative estimate of drug-likeness (QED) is 0.178. The topological polar surface area (TPSA) is 106 Å². The summed E-state index contributed by atoms with van der Waals surface area (Å²) in [5, 5.41) is 1.05. The van der Waals surface area contributed by atoms with Crippen molar-refractivity contribution in [3.8, 4) is 5.75 Å². The number of fused-ring (bicyclic) bond motifs is 9. The Kier molecular flexibility index (Phi) is 6.56. The first-order valence-corrected chi connectivity index (χ1v) is 15.6. The second-order valence-corrected chi connectivity index (χ2v) is 12.7. The number of nitrogens with zero attached hydrogens (tertiary/aromatic N) is 2. The zero-order valence-electron chi connectivity index (χ0n) is 26.6. The number of hydrogen-bond donors (Lipinski definition) is 0. The predicted octanol–water partition coefficient (Wildman–Crippen LogP) is 8.45. The van der Waals surface area contributed by atoms with Gasteiger partial charge in [-0.3, -0.25) is 14.2 Å². The minimum Gasteiger partial charge on any atom is -0.479 e. The van der Waals surface area contributed by atoms with E-state index in [9.17, 15) is 14.4 Å². The van der Waals surface area contributed by atoms with Gasteiger partial charge in [0.2, 0.25) is 0 Å². The molecule has 9 nitrogen and oxygen atoms in total. The van der Waals surface area contributed by atoms with Crippen LogP contribution >= 0.6 is 0 Å². The summed E-state index contributed by atoms with van der Waals surface area (Å²) in [5.41, 5.74) is 1.39. The summed E-state index contributed by atoms with van der Waals surface area (Å²) in [6.45, 7) is 5.33. The van der Waals surface area contributed by atoms with Gasteiger partial charge in [0.15, 0.2) is 22.3 Å². The lowest BCUT2D eigenvalue weighted by Gasteiger charge is -2.23. The molecule has 8 aromatic rings. The van der Waals surface area contributed by atoms with Crippen molar-refractivity contribution in [2.75, 3.05) is 0 Å². The Balaban J connectivity index is 1.56. The number of benzene rings is 5. The molecule has 0 aliphatic heterocycles. The lowest BCUT2D eigenvalue weighted by Crippen LogP contribution is -2.27. The molecule has 48 heavy (non-hydrogen) atoms. The fourth-order valence-corrected chi connectivity index (χ4v) is 6.41. The van der Waals surface area contributed by atoms with Crippen molar-refractivity contribution in [3.05, 3.63) is 135 Å². The predicted molar refractivity (Wildman–Crippen MR) is 185 cm³/mol. The SMILES string of the molecule is Cn1c(=O)c2c3oc4ccccc4oc3c3c(c4cccc(OC(c5ccccc5)c5ccccc5)c4n3C(=O)OC(C)(C)C)c2c1=O. The highest BCUT2D eigenvalue weighted by atomic mass is 16.6. The summed E-state index contributed by atoms with van der Waals surface area (Å²) in [6.07, 6.45) is -1.27. The number of carbonyl (C=O) groups is 1. The van der Waals surface area contributed by atoms with Crippen molar-refractivity contribution in [1.29, 1.82) is 0 Å². The zero-order valence-corrected chi connectivity index (χ0v) is 26.6. The minimum atomic E-state index is -0.876. The first-order valence-electron chi connectivity index (χ1n) is 15.6. The largest absolute Gasteiger partial charge is 0.479 e. The van der Waals surface area contributed by atoms with Gasteiger partial charge in [-0.2, -0.15) is 0 Å². The Morgan fingerprint density at radius 1 is 0.667 bits per heavy atom. The van der Waals surface area contributed by atoms with E-state index in [4.69, 9.17) is 18.3 Å². The van der Waals surface area contributed by atoms with Gasteiger partial charge in [-0.1, -0.05) is 84.9 Å². The van der Waals surface area contributed by atoms with Crippen LogP contribution in [-0.4, -0.2) is 20.8 Å². The molecule has 3 heterocycles. The van der Waals surface area contributed by atoms with E-state index in [0.29, 0.717) is 33.2 Å². The van der Waals surface area contributed by atoms with Crippen molar-refractivity contribution in [3.63, 3.8) is 0 Å². The summed E-state index contributed by atoms with van der Waals surface area (Å²) in [7, 11) is 1.42. The molecular weight excluding hydrogens is 608 g/mol. The maximum absolute atomic E-state index is 14.4. The number of hydrogen-bond acceptors (Lipinski definition) is 7. The molecule has 238 valence electrons. The zero-order chi connectivity index (χ0) is 33.3. The Morgan fingerprint density at radius 3 is 1.83 bits per heavy atom. The molecular formula is C39H30N2O7. The summed E-state index contributed by atoms with van der Waals surface area (Å²) >= 11 is 0. The van der Waals surface area contributed by atoms with Crippen LogP contribution in [0, 0.1) is 0 Å². The van der Waals surface area contributed by atoms with Crippen LogP contribution in [0.1, 0.15) is 38.0 Å². The van der Waals surface area contributed by atoms with Crippen LogP contribution in [0.25, 0.3) is 54.9 Å². The van der Waals surface area contributed by atoms with E-state index in [1.165, 1.54) is 11.6 Å². The van der Waals surface area contributed by atoms with Gasteiger partial charge in [-0.25, -0.2) is 9.36 Å². The molecule has 0 saturated carbocycles. The van der Waals surface area contributed by atoms with Gasteiger partial charge in [0.25, 0.3) is 11.1 Å². The summed E-state index contributed by atoms with van der Waals surface area (Å²) in [4.78, 5) is 42.0. The lowest BCUT2D eigenvalue weighted by atomic mass is 10.0. The smallest absolute Gasteiger partial charge is 0.419 e. The Morgan fingerprint density at radius 2 is 1.23 bits per heavy atom. The average molecular weight is 639 g/mol. The van der Waals surface area contributed by atoms with Crippen LogP contribution in [0.5, 0.6) is 5.75 Å². The molecule has 8 rings (SSSR count).